The van der Waals surface area contributed by atoms with E-state index in [1.165, 1.54) is 12.1 Å². The molecule has 0 aliphatic carbocycles. The summed E-state index contributed by atoms with van der Waals surface area (Å²) >= 11 is 0. The van der Waals surface area contributed by atoms with Gasteiger partial charge in [-0.25, -0.2) is 22.4 Å². The van der Waals surface area contributed by atoms with Gasteiger partial charge in [0.05, 0.1) is 0 Å². The number of benzene rings is 2. The standard InChI is InChI=1S/C14H8F4O2/c1-7-2-4-8(5-3-7)20-14(19)11-9(15)6-10(16)12(17)13(11)18/h2-6H,1H3. The summed E-state index contributed by atoms with van der Waals surface area (Å²) in [5, 5.41) is 0. The molecule has 20 heavy (non-hydrogen) atoms. The van der Waals surface area contributed by atoms with Crippen molar-refractivity contribution in [3.05, 3.63) is 64.7 Å². The lowest BCUT2D eigenvalue weighted by Crippen LogP contribution is -2.15. The van der Waals surface area contributed by atoms with Gasteiger partial charge in [0.15, 0.2) is 17.5 Å². The van der Waals surface area contributed by atoms with Crippen LogP contribution in [-0.4, -0.2) is 5.97 Å². The molecule has 104 valence electrons. The first-order valence-corrected chi connectivity index (χ1v) is 5.52. The van der Waals surface area contributed by atoms with E-state index in [9.17, 15) is 22.4 Å². The fourth-order valence-electron chi connectivity index (χ4n) is 1.52. The van der Waals surface area contributed by atoms with Crippen molar-refractivity contribution in [3.8, 4) is 5.75 Å². The van der Waals surface area contributed by atoms with Crippen molar-refractivity contribution in [2.45, 2.75) is 6.92 Å². The van der Waals surface area contributed by atoms with E-state index in [-0.39, 0.29) is 11.8 Å². The van der Waals surface area contributed by atoms with E-state index in [1.54, 1.807) is 19.1 Å². The van der Waals surface area contributed by atoms with E-state index in [2.05, 4.69) is 0 Å². The molecule has 2 aromatic carbocycles. The zero-order valence-electron chi connectivity index (χ0n) is 10.2. The number of carbonyl (C=O) groups excluding carboxylic acids is 1. The molecule has 0 aliphatic heterocycles. The van der Waals surface area contributed by atoms with Crippen LogP contribution in [0.2, 0.25) is 0 Å². The normalized spacial score (nSPS) is 10.4. The van der Waals surface area contributed by atoms with Crippen LogP contribution < -0.4 is 4.74 Å². The SMILES string of the molecule is Cc1ccc(OC(=O)c2c(F)cc(F)c(F)c2F)cc1. The van der Waals surface area contributed by atoms with E-state index in [1.807, 2.05) is 0 Å². The summed E-state index contributed by atoms with van der Waals surface area (Å²) < 4.78 is 57.2. The third-order valence-corrected chi connectivity index (χ3v) is 2.55. The van der Waals surface area contributed by atoms with Crippen molar-refractivity contribution >= 4 is 5.97 Å². The van der Waals surface area contributed by atoms with E-state index >= 15 is 0 Å². The highest BCUT2D eigenvalue weighted by Gasteiger charge is 2.25. The van der Waals surface area contributed by atoms with E-state index in [0.717, 1.165) is 5.56 Å². The average Bonchev–Trinajstić information content (AvgIpc) is 2.39. The molecule has 2 aromatic rings. The van der Waals surface area contributed by atoms with Gasteiger partial charge in [0, 0.05) is 6.07 Å². The lowest BCUT2D eigenvalue weighted by atomic mass is 10.2. The van der Waals surface area contributed by atoms with Crippen LogP contribution in [-0.2, 0) is 0 Å². The van der Waals surface area contributed by atoms with Gasteiger partial charge in [-0.15, -0.1) is 0 Å². The Morgan fingerprint density at radius 2 is 1.55 bits per heavy atom. The van der Waals surface area contributed by atoms with Gasteiger partial charge in [-0.1, -0.05) is 17.7 Å². The molecule has 0 aliphatic rings. The van der Waals surface area contributed by atoms with Gasteiger partial charge in [0.25, 0.3) is 0 Å². The molecule has 0 atom stereocenters. The van der Waals surface area contributed by atoms with Gasteiger partial charge in [0.2, 0.25) is 0 Å². The molecule has 0 radical (unpaired) electrons. The first-order chi connectivity index (χ1) is 9.40. The topological polar surface area (TPSA) is 26.3 Å². The number of carbonyl (C=O) groups is 1. The van der Waals surface area contributed by atoms with Gasteiger partial charge < -0.3 is 4.74 Å². The number of aryl methyl sites for hydroxylation is 1. The Morgan fingerprint density at radius 1 is 0.950 bits per heavy atom. The molecule has 0 aromatic heterocycles. The number of rotatable bonds is 2. The molecule has 2 rings (SSSR count). The van der Waals surface area contributed by atoms with Crippen LogP contribution in [0.3, 0.4) is 0 Å². The maximum atomic E-state index is 13.4. The lowest BCUT2D eigenvalue weighted by Gasteiger charge is -2.07. The lowest BCUT2D eigenvalue weighted by molar-refractivity contribution is 0.0723. The summed E-state index contributed by atoms with van der Waals surface area (Å²) in [6.07, 6.45) is 0. The van der Waals surface area contributed by atoms with Crippen molar-refractivity contribution < 1.29 is 27.1 Å². The van der Waals surface area contributed by atoms with E-state index < -0.39 is 34.8 Å². The second-order valence-corrected chi connectivity index (χ2v) is 4.05. The van der Waals surface area contributed by atoms with E-state index in [4.69, 9.17) is 4.74 Å². The molecule has 2 nitrogen and oxygen atoms in total. The molecule has 0 saturated carbocycles. The monoisotopic (exact) mass is 284 g/mol. The minimum absolute atomic E-state index is 0.0316. The number of hydrogen-bond donors (Lipinski definition) is 0. The van der Waals surface area contributed by atoms with Gasteiger partial charge in [-0.05, 0) is 19.1 Å². The Morgan fingerprint density at radius 3 is 2.15 bits per heavy atom. The Hall–Kier alpha value is -2.37. The van der Waals surface area contributed by atoms with Crippen LogP contribution in [0.25, 0.3) is 0 Å². The molecule has 0 heterocycles. The summed E-state index contributed by atoms with van der Waals surface area (Å²) in [6, 6.07) is 6.12. The maximum absolute atomic E-state index is 13.4. The second-order valence-electron chi connectivity index (χ2n) is 4.05. The summed E-state index contributed by atoms with van der Waals surface area (Å²) in [4.78, 5) is 11.6. The Kier molecular flexibility index (Phi) is 3.74. The van der Waals surface area contributed by atoms with Gasteiger partial charge >= 0.3 is 5.97 Å². The van der Waals surface area contributed by atoms with Crippen LogP contribution >= 0.6 is 0 Å². The third-order valence-electron chi connectivity index (χ3n) is 2.55. The van der Waals surface area contributed by atoms with Crippen molar-refractivity contribution in [2.75, 3.05) is 0 Å². The molecule has 6 heteroatoms. The summed E-state index contributed by atoms with van der Waals surface area (Å²) in [5.41, 5.74) is -0.389. The summed E-state index contributed by atoms with van der Waals surface area (Å²) in [6.45, 7) is 1.79. The highest BCUT2D eigenvalue weighted by atomic mass is 19.2. The molecule has 0 amide bonds. The summed E-state index contributed by atoms with van der Waals surface area (Å²) in [5.74, 6) is -8.50. The fraction of sp³-hybridized carbons (Fsp3) is 0.0714. The molecule has 0 saturated heterocycles. The van der Waals surface area contributed by atoms with Crippen LogP contribution in [0.4, 0.5) is 17.6 Å². The fourth-order valence-corrected chi connectivity index (χ4v) is 1.52. The number of ether oxygens (including phenoxy) is 1. The van der Waals surface area contributed by atoms with E-state index in [0.29, 0.717) is 0 Å². The third kappa shape index (κ3) is 2.64. The number of esters is 1. The number of halogens is 4. The van der Waals surface area contributed by atoms with Crippen molar-refractivity contribution in [3.63, 3.8) is 0 Å². The van der Waals surface area contributed by atoms with Crippen molar-refractivity contribution in [1.82, 2.24) is 0 Å². The van der Waals surface area contributed by atoms with Crippen molar-refractivity contribution in [1.29, 1.82) is 0 Å². The molecule has 0 unspecified atom stereocenters. The molecule has 0 fully saturated rings. The largest absolute Gasteiger partial charge is 0.423 e. The smallest absolute Gasteiger partial charge is 0.349 e. The zero-order chi connectivity index (χ0) is 14.9. The molecule has 0 spiro atoms. The molecule has 0 N–H and O–H groups in total. The highest BCUT2D eigenvalue weighted by molar-refractivity contribution is 5.91. The average molecular weight is 284 g/mol. The van der Waals surface area contributed by atoms with Gasteiger partial charge in [0.1, 0.15) is 17.1 Å². The summed E-state index contributed by atoms with van der Waals surface area (Å²) in [7, 11) is 0. The first kappa shape index (κ1) is 14.0. The highest BCUT2D eigenvalue weighted by Crippen LogP contribution is 2.21. The Balaban J connectivity index is 2.34. The van der Waals surface area contributed by atoms with Gasteiger partial charge in [-0.3, -0.25) is 0 Å². The van der Waals surface area contributed by atoms with Crippen molar-refractivity contribution in [2.24, 2.45) is 0 Å². The van der Waals surface area contributed by atoms with Crippen LogP contribution in [0.5, 0.6) is 5.75 Å². The quantitative estimate of drug-likeness (QED) is 0.276. The molecular formula is C14H8F4O2. The first-order valence-electron chi connectivity index (χ1n) is 5.52. The van der Waals surface area contributed by atoms with Crippen LogP contribution in [0.15, 0.2) is 30.3 Å². The minimum atomic E-state index is -1.93. The minimum Gasteiger partial charge on any atom is -0.423 e. The predicted octanol–water partition coefficient (Wildman–Crippen LogP) is 3.77. The van der Waals surface area contributed by atoms with Crippen LogP contribution in [0.1, 0.15) is 15.9 Å². The Bertz CT molecular complexity index is 666. The molecule has 0 bridgehead atoms. The van der Waals surface area contributed by atoms with Crippen LogP contribution in [0, 0.1) is 30.2 Å². The van der Waals surface area contributed by atoms with Gasteiger partial charge in [-0.2, -0.15) is 0 Å². The zero-order valence-corrected chi connectivity index (χ0v) is 10.2. The number of hydrogen-bond acceptors (Lipinski definition) is 2. The Labute approximate surface area is 111 Å². The molecular weight excluding hydrogens is 276 g/mol. The predicted molar refractivity (Wildman–Crippen MR) is 62.4 cm³/mol. The maximum Gasteiger partial charge on any atom is 0.349 e. The second kappa shape index (κ2) is 5.32.